The van der Waals surface area contributed by atoms with Crippen molar-refractivity contribution < 1.29 is 22.2 Å². The minimum Gasteiger partial charge on any atom is -0.463 e. The zero-order valence-corrected chi connectivity index (χ0v) is 20.2. The predicted molar refractivity (Wildman–Crippen MR) is 127 cm³/mol. The first-order valence-corrected chi connectivity index (χ1v) is 12.7. The Kier molecular flexibility index (Phi) is 6.03. The van der Waals surface area contributed by atoms with E-state index in [1.165, 1.54) is 4.31 Å². The third-order valence-corrected chi connectivity index (χ3v) is 8.15. The highest BCUT2D eigenvalue weighted by molar-refractivity contribution is 7.89. The van der Waals surface area contributed by atoms with Crippen molar-refractivity contribution in [3.8, 4) is 17.1 Å². The quantitative estimate of drug-likeness (QED) is 0.417. The average Bonchev–Trinajstić information content (AvgIpc) is 3.56. The van der Waals surface area contributed by atoms with Crippen LogP contribution in [0, 0.1) is 13.8 Å². The van der Waals surface area contributed by atoms with Crippen molar-refractivity contribution in [2.75, 3.05) is 26.2 Å². The fourth-order valence-electron chi connectivity index (χ4n) is 4.32. The summed E-state index contributed by atoms with van der Waals surface area (Å²) in [6, 6.07) is 14.6. The summed E-state index contributed by atoms with van der Waals surface area (Å²) >= 11 is 0. The molecule has 10 nitrogen and oxygen atoms in total. The van der Waals surface area contributed by atoms with Gasteiger partial charge in [-0.3, -0.25) is 4.79 Å². The standard InChI is InChI=1S/C24H25N5O5S/c1-17-23(18(2)34-26-17)35(31,32)28-12-7-11-27(13-14-28)24(30)21-16-20(22-10-6-15-33-22)25-29(21)19-8-4-3-5-9-19/h3-6,8-10,15-16H,7,11-14H2,1-2H3. The maximum absolute atomic E-state index is 13.7. The summed E-state index contributed by atoms with van der Waals surface area (Å²) in [6.07, 6.45) is 2.06. The van der Waals surface area contributed by atoms with Crippen LogP contribution in [-0.4, -0.2) is 64.6 Å². The van der Waals surface area contributed by atoms with Crippen LogP contribution < -0.4 is 0 Å². The molecule has 182 valence electrons. The van der Waals surface area contributed by atoms with Crippen molar-refractivity contribution in [2.45, 2.75) is 25.2 Å². The molecule has 0 aliphatic carbocycles. The molecule has 0 bridgehead atoms. The van der Waals surface area contributed by atoms with Gasteiger partial charge in [0.25, 0.3) is 5.91 Å². The highest BCUT2D eigenvalue weighted by atomic mass is 32.2. The smallest absolute Gasteiger partial charge is 0.272 e. The van der Waals surface area contributed by atoms with Gasteiger partial charge in [-0.15, -0.1) is 0 Å². The first-order chi connectivity index (χ1) is 16.9. The molecule has 1 fully saturated rings. The molecule has 0 unspecified atom stereocenters. The SMILES string of the molecule is Cc1noc(C)c1S(=O)(=O)N1CCCN(C(=O)c2cc(-c3ccco3)nn2-c2ccccc2)CC1. The van der Waals surface area contributed by atoms with E-state index in [1.54, 1.807) is 47.9 Å². The van der Waals surface area contributed by atoms with Gasteiger partial charge in [-0.25, -0.2) is 13.1 Å². The molecule has 0 N–H and O–H groups in total. The molecule has 11 heteroatoms. The normalized spacial score (nSPS) is 15.3. The predicted octanol–water partition coefficient (Wildman–Crippen LogP) is 3.27. The molecular weight excluding hydrogens is 470 g/mol. The molecule has 1 amide bonds. The number of carbonyl (C=O) groups excluding carboxylic acids is 1. The molecular formula is C24H25N5O5S. The molecule has 1 aliphatic heterocycles. The van der Waals surface area contributed by atoms with Crippen molar-refractivity contribution in [3.63, 3.8) is 0 Å². The monoisotopic (exact) mass is 495 g/mol. The van der Waals surface area contributed by atoms with E-state index in [-0.39, 0.29) is 29.7 Å². The van der Waals surface area contributed by atoms with Gasteiger partial charge in [-0.2, -0.15) is 9.40 Å². The van der Waals surface area contributed by atoms with Crippen molar-refractivity contribution in [2.24, 2.45) is 0 Å². The molecule has 0 saturated carbocycles. The summed E-state index contributed by atoms with van der Waals surface area (Å²) in [7, 11) is -3.78. The van der Waals surface area contributed by atoms with E-state index in [1.807, 2.05) is 30.3 Å². The van der Waals surface area contributed by atoms with Crippen LogP contribution in [-0.2, 0) is 10.0 Å². The Labute approximate surface area is 202 Å². The Bertz CT molecular complexity index is 1420. The van der Waals surface area contributed by atoms with Crippen molar-refractivity contribution in [1.29, 1.82) is 0 Å². The van der Waals surface area contributed by atoms with E-state index in [0.29, 0.717) is 42.4 Å². The van der Waals surface area contributed by atoms with Crippen LogP contribution >= 0.6 is 0 Å². The lowest BCUT2D eigenvalue weighted by Gasteiger charge is -2.22. The number of amides is 1. The van der Waals surface area contributed by atoms with Crippen LogP contribution in [0.4, 0.5) is 0 Å². The molecule has 5 rings (SSSR count). The summed E-state index contributed by atoms with van der Waals surface area (Å²) in [5.41, 5.74) is 1.99. The Morgan fingerprint density at radius 3 is 2.49 bits per heavy atom. The largest absolute Gasteiger partial charge is 0.463 e. The lowest BCUT2D eigenvalue weighted by atomic mass is 10.2. The van der Waals surface area contributed by atoms with Gasteiger partial charge in [0.15, 0.2) is 11.5 Å². The minimum atomic E-state index is -3.78. The summed E-state index contributed by atoms with van der Waals surface area (Å²) in [5, 5.41) is 8.40. The lowest BCUT2D eigenvalue weighted by Crippen LogP contribution is -2.38. The number of benzene rings is 1. The number of rotatable bonds is 5. The average molecular weight is 496 g/mol. The maximum atomic E-state index is 13.7. The van der Waals surface area contributed by atoms with Crippen molar-refractivity contribution >= 4 is 15.9 Å². The highest BCUT2D eigenvalue weighted by Crippen LogP contribution is 2.26. The first kappa shape index (κ1) is 23.1. The number of para-hydroxylation sites is 1. The van der Waals surface area contributed by atoms with E-state index in [9.17, 15) is 13.2 Å². The summed E-state index contributed by atoms with van der Waals surface area (Å²) in [6.45, 7) is 4.33. The number of furan rings is 1. The maximum Gasteiger partial charge on any atom is 0.272 e. The third-order valence-electron chi connectivity index (χ3n) is 6.01. The van der Waals surface area contributed by atoms with E-state index in [0.717, 1.165) is 5.69 Å². The second-order valence-corrected chi connectivity index (χ2v) is 10.2. The van der Waals surface area contributed by atoms with Gasteiger partial charge in [0.1, 0.15) is 22.0 Å². The second-order valence-electron chi connectivity index (χ2n) is 8.34. The molecule has 35 heavy (non-hydrogen) atoms. The van der Waals surface area contributed by atoms with Crippen LogP contribution in [0.3, 0.4) is 0 Å². The topological polar surface area (TPSA) is 115 Å². The molecule has 0 radical (unpaired) electrons. The number of aromatic nitrogens is 3. The Morgan fingerprint density at radius 2 is 1.80 bits per heavy atom. The van der Waals surface area contributed by atoms with Crippen LogP contribution in [0.5, 0.6) is 0 Å². The number of hydrogen-bond donors (Lipinski definition) is 0. The van der Waals surface area contributed by atoms with Crippen LogP contribution in [0.1, 0.15) is 28.4 Å². The van der Waals surface area contributed by atoms with Crippen LogP contribution in [0.2, 0.25) is 0 Å². The molecule has 0 atom stereocenters. The number of sulfonamides is 1. The second kappa shape index (κ2) is 9.16. The van der Waals surface area contributed by atoms with Gasteiger partial charge < -0.3 is 13.8 Å². The molecule has 4 heterocycles. The fraction of sp³-hybridized carbons (Fsp3) is 0.292. The van der Waals surface area contributed by atoms with Gasteiger partial charge in [0, 0.05) is 32.2 Å². The zero-order chi connectivity index (χ0) is 24.6. The Morgan fingerprint density at radius 1 is 1.00 bits per heavy atom. The highest BCUT2D eigenvalue weighted by Gasteiger charge is 2.33. The van der Waals surface area contributed by atoms with Crippen molar-refractivity contribution in [3.05, 3.63) is 71.9 Å². The molecule has 3 aromatic heterocycles. The van der Waals surface area contributed by atoms with Crippen LogP contribution in [0.15, 0.2) is 68.6 Å². The van der Waals surface area contributed by atoms with Crippen LogP contribution in [0.25, 0.3) is 17.1 Å². The molecule has 1 aromatic carbocycles. The molecule has 0 spiro atoms. The first-order valence-electron chi connectivity index (χ1n) is 11.3. The molecule has 1 aliphatic rings. The number of aryl methyl sites for hydroxylation is 2. The van der Waals surface area contributed by atoms with Gasteiger partial charge in [0.2, 0.25) is 10.0 Å². The summed E-state index contributed by atoms with van der Waals surface area (Å²) < 4.78 is 40.1. The molecule has 4 aromatic rings. The zero-order valence-electron chi connectivity index (χ0n) is 19.4. The van der Waals surface area contributed by atoms with E-state index >= 15 is 0 Å². The summed E-state index contributed by atoms with van der Waals surface area (Å²) in [5.74, 6) is 0.592. The van der Waals surface area contributed by atoms with E-state index < -0.39 is 10.0 Å². The number of hydrogen-bond acceptors (Lipinski definition) is 7. The van der Waals surface area contributed by atoms with Gasteiger partial charge in [-0.05, 0) is 44.5 Å². The molecule has 1 saturated heterocycles. The summed E-state index contributed by atoms with van der Waals surface area (Å²) in [4.78, 5) is 15.4. The number of nitrogens with zero attached hydrogens (tertiary/aromatic N) is 5. The van der Waals surface area contributed by atoms with Crippen molar-refractivity contribution in [1.82, 2.24) is 24.1 Å². The minimum absolute atomic E-state index is 0.0996. The van der Waals surface area contributed by atoms with Gasteiger partial charge in [-0.1, -0.05) is 23.4 Å². The number of carbonyl (C=O) groups is 1. The fourth-order valence-corrected chi connectivity index (χ4v) is 6.08. The Hall–Kier alpha value is -3.70. The van der Waals surface area contributed by atoms with Gasteiger partial charge >= 0.3 is 0 Å². The lowest BCUT2D eigenvalue weighted by molar-refractivity contribution is 0.0755. The van der Waals surface area contributed by atoms with E-state index in [2.05, 4.69) is 10.3 Å². The van der Waals surface area contributed by atoms with Gasteiger partial charge in [0.05, 0.1) is 12.0 Å². The Balaban J connectivity index is 1.42. The third kappa shape index (κ3) is 4.28. The van der Waals surface area contributed by atoms with E-state index in [4.69, 9.17) is 8.94 Å².